The third-order valence-electron chi connectivity index (χ3n) is 2.97. The fraction of sp³-hybridized carbons (Fsp3) is 1.00. The van der Waals surface area contributed by atoms with Crippen molar-refractivity contribution in [2.75, 3.05) is 6.54 Å². The molecule has 1 aliphatic rings. The van der Waals surface area contributed by atoms with Crippen molar-refractivity contribution in [2.45, 2.75) is 52.3 Å². The van der Waals surface area contributed by atoms with Crippen LogP contribution in [0.3, 0.4) is 0 Å². The Morgan fingerprint density at radius 3 is 2.42 bits per heavy atom. The summed E-state index contributed by atoms with van der Waals surface area (Å²) in [5.41, 5.74) is 0. The first-order valence-corrected chi connectivity index (χ1v) is 4.96. The van der Waals surface area contributed by atoms with Crippen LogP contribution in [0.2, 0.25) is 0 Å². The summed E-state index contributed by atoms with van der Waals surface area (Å²) in [6, 6.07) is 1.14. The highest BCUT2D eigenvalue weighted by molar-refractivity contribution is 4.84. The first kappa shape index (κ1) is 10.0. The minimum absolute atomic E-state index is 0.0880. The molecule has 0 unspecified atom stereocenters. The molecule has 0 aromatic heterocycles. The Balaban J connectivity index is 2.55. The molecule has 0 aromatic carbocycles. The normalized spacial score (nSPS) is 39.0. The highest BCUT2D eigenvalue weighted by Crippen LogP contribution is 2.23. The molecule has 1 aliphatic heterocycles. The van der Waals surface area contributed by atoms with E-state index >= 15 is 0 Å². The second kappa shape index (κ2) is 3.75. The molecule has 1 fully saturated rings. The van der Waals surface area contributed by atoms with Gasteiger partial charge in [0.1, 0.15) is 0 Å². The Labute approximate surface area is 75.6 Å². The Hall–Kier alpha value is -0.0800. The summed E-state index contributed by atoms with van der Waals surface area (Å²) in [5, 5.41) is 9.62. The SMILES string of the molecule is CC(C)N1C[C@@H](C)[C@@H](O)C[C@H]1C. The highest BCUT2D eigenvalue weighted by atomic mass is 16.3. The van der Waals surface area contributed by atoms with Gasteiger partial charge in [0.05, 0.1) is 6.10 Å². The molecule has 2 heteroatoms. The van der Waals surface area contributed by atoms with E-state index < -0.39 is 0 Å². The third kappa shape index (κ3) is 1.99. The summed E-state index contributed by atoms with van der Waals surface area (Å²) in [4.78, 5) is 2.47. The Morgan fingerprint density at radius 1 is 1.33 bits per heavy atom. The molecule has 3 atom stereocenters. The molecule has 0 amide bonds. The van der Waals surface area contributed by atoms with Crippen molar-refractivity contribution in [3.8, 4) is 0 Å². The van der Waals surface area contributed by atoms with Crippen LogP contribution in [0.4, 0.5) is 0 Å². The van der Waals surface area contributed by atoms with Crippen molar-refractivity contribution in [2.24, 2.45) is 5.92 Å². The number of rotatable bonds is 1. The number of hydrogen-bond donors (Lipinski definition) is 1. The zero-order valence-corrected chi connectivity index (χ0v) is 8.62. The van der Waals surface area contributed by atoms with Gasteiger partial charge < -0.3 is 5.11 Å². The van der Waals surface area contributed by atoms with Crippen LogP contribution in [-0.2, 0) is 0 Å². The summed E-state index contributed by atoms with van der Waals surface area (Å²) in [6.45, 7) is 9.82. The smallest absolute Gasteiger partial charge is 0.0592 e. The number of nitrogens with zero attached hydrogens (tertiary/aromatic N) is 1. The van der Waals surface area contributed by atoms with Crippen LogP contribution in [0.5, 0.6) is 0 Å². The second-order valence-corrected chi connectivity index (χ2v) is 4.42. The number of hydrogen-bond acceptors (Lipinski definition) is 2. The number of piperidine rings is 1. The van der Waals surface area contributed by atoms with E-state index in [1.807, 2.05) is 0 Å². The maximum Gasteiger partial charge on any atom is 0.0592 e. The minimum atomic E-state index is -0.0880. The molecule has 72 valence electrons. The molecule has 0 aliphatic carbocycles. The van der Waals surface area contributed by atoms with Crippen molar-refractivity contribution in [3.05, 3.63) is 0 Å². The highest BCUT2D eigenvalue weighted by Gasteiger charge is 2.30. The molecule has 0 spiro atoms. The standard InChI is InChI=1S/C10H21NO/c1-7(2)11-6-8(3)10(12)5-9(11)4/h7-10,12H,5-6H2,1-4H3/t8-,9-,10+/m1/s1. The second-order valence-electron chi connectivity index (χ2n) is 4.42. The van der Waals surface area contributed by atoms with Crippen LogP contribution < -0.4 is 0 Å². The number of likely N-dealkylation sites (tertiary alicyclic amines) is 1. The summed E-state index contributed by atoms with van der Waals surface area (Å²) in [5.74, 6) is 0.434. The van der Waals surface area contributed by atoms with Gasteiger partial charge in [-0.1, -0.05) is 6.92 Å². The average Bonchev–Trinajstić information content (AvgIpc) is 1.96. The molecule has 0 saturated carbocycles. The molecular weight excluding hydrogens is 150 g/mol. The van der Waals surface area contributed by atoms with Crippen molar-refractivity contribution in [3.63, 3.8) is 0 Å². The van der Waals surface area contributed by atoms with Crippen LogP contribution in [0.25, 0.3) is 0 Å². The van der Waals surface area contributed by atoms with Gasteiger partial charge in [0.25, 0.3) is 0 Å². The van der Waals surface area contributed by atoms with Gasteiger partial charge in [-0.05, 0) is 33.1 Å². The third-order valence-corrected chi connectivity index (χ3v) is 2.97. The fourth-order valence-electron chi connectivity index (χ4n) is 2.07. The van der Waals surface area contributed by atoms with E-state index in [0.29, 0.717) is 18.0 Å². The molecule has 2 nitrogen and oxygen atoms in total. The van der Waals surface area contributed by atoms with E-state index in [1.54, 1.807) is 0 Å². The lowest BCUT2D eigenvalue weighted by molar-refractivity contribution is -0.00774. The van der Waals surface area contributed by atoms with E-state index in [1.165, 1.54) is 0 Å². The van der Waals surface area contributed by atoms with E-state index in [-0.39, 0.29) is 6.10 Å². The average molecular weight is 171 g/mol. The van der Waals surface area contributed by atoms with Crippen molar-refractivity contribution in [1.29, 1.82) is 0 Å². The predicted molar refractivity (Wildman–Crippen MR) is 51.1 cm³/mol. The van der Waals surface area contributed by atoms with Gasteiger partial charge in [0.2, 0.25) is 0 Å². The van der Waals surface area contributed by atoms with E-state index in [9.17, 15) is 5.11 Å². The van der Waals surface area contributed by atoms with E-state index in [0.717, 1.165) is 13.0 Å². The van der Waals surface area contributed by atoms with E-state index in [4.69, 9.17) is 0 Å². The summed E-state index contributed by atoms with van der Waals surface area (Å²) in [6.07, 6.45) is 0.842. The summed E-state index contributed by atoms with van der Waals surface area (Å²) >= 11 is 0. The largest absolute Gasteiger partial charge is 0.393 e. The lowest BCUT2D eigenvalue weighted by atomic mass is 9.91. The van der Waals surface area contributed by atoms with Gasteiger partial charge in [-0.25, -0.2) is 0 Å². The molecule has 1 rings (SSSR count). The topological polar surface area (TPSA) is 23.5 Å². The molecule has 12 heavy (non-hydrogen) atoms. The van der Waals surface area contributed by atoms with Crippen molar-refractivity contribution >= 4 is 0 Å². The molecule has 1 saturated heterocycles. The van der Waals surface area contributed by atoms with Crippen LogP contribution in [0, 0.1) is 5.92 Å². The molecule has 0 aromatic rings. The summed E-state index contributed by atoms with van der Waals surface area (Å²) < 4.78 is 0. The van der Waals surface area contributed by atoms with Crippen molar-refractivity contribution in [1.82, 2.24) is 4.90 Å². The maximum atomic E-state index is 9.62. The Kier molecular flexibility index (Phi) is 3.13. The van der Waals surface area contributed by atoms with Gasteiger partial charge in [0, 0.05) is 18.6 Å². The lowest BCUT2D eigenvalue weighted by Gasteiger charge is -2.42. The number of aliphatic hydroxyl groups is 1. The van der Waals surface area contributed by atoms with Crippen molar-refractivity contribution < 1.29 is 5.11 Å². The van der Waals surface area contributed by atoms with Crippen LogP contribution in [0.1, 0.15) is 34.1 Å². The first-order valence-electron chi connectivity index (χ1n) is 4.96. The summed E-state index contributed by atoms with van der Waals surface area (Å²) in [7, 11) is 0. The van der Waals surface area contributed by atoms with Gasteiger partial charge >= 0.3 is 0 Å². The minimum Gasteiger partial charge on any atom is -0.393 e. The fourth-order valence-corrected chi connectivity index (χ4v) is 2.07. The predicted octanol–water partition coefficient (Wildman–Crippen LogP) is 1.49. The maximum absolute atomic E-state index is 9.62. The molecular formula is C10H21NO. The number of aliphatic hydroxyl groups excluding tert-OH is 1. The lowest BCUT2D eigenvalue weighted by Crippen LogP contribution is -2.50. The Bertz CT molecular complexity index is 147. The zero-order chi connectivity index (χ0) is 9.30. The van der Waals surface area contributed by atoms with Crippen LogP contribution >= 0.6 is 0 Å². The Morgan fingerprint density at radius 2 is 1.92 bits per heavy atom. The molecule has 1 N–H and O–H groups in total. The van der Waals surface area contributed by atoms with Gasteiger partial charge in [0.15, 0.2) is 0 Å². The van der Waals surface area contributed by atoms with E-state index in [2.05, 4.69) is 32.6 Å². The first-order chi connectivity index (χ1) is 5.52. The molecule has 0 bridgehead atoms. The zero-order valence-electron chi connectivity index (χ0n) is 8.62. The van der Waals surface area contributed by atoms with Gasteiger partial charge in [-0.3, -0.25) is 4.90 Å². The van der Waals surface area contributed by atoms with Crippen LogP contribution in [0.15, 0.2) is 0 Å². The van der Waals surface area contributed by atoms with Gasteiger partial charge in [-0.2, -0.15) is 0 Å². The molecule has 1 heterocycles. The molecule has 0 radical (unpaired) electrons. The van der Waals surface area contributed by atoms with Gasteiger partial charge in [-0.15, -0.1) is 0 Å². The monoisotopic (exact) mass is 171 g/mol. The van der Waals surface area contributed by atoms with Crippen LogP contribution in [-0.4, -0.2) is 34.7 Å². The quantitative estimate of drug-likeness (QED) is 0.646.